The third-order valence-electron chi connectivity index (χ3n) is 5.25. The van der Waals surface area contributed by atoms with Crippen LogP contribution in [0, 0.1) is 0 Å². The first kappa shape index (κ1) is 18.3. The summed E-state index contributed by atoms with van der Waals surface area (Å²) in [5.74, 6) is 0.101. The molecule has 6 heteroatoms. The van der Waals surface area contributed by atoms with Crippen LogP contribution in [0.3, 0.4) is 0 Å². The molecule has 0 saturated heterocycles. The molecule has 1 unspecified atom stereocenters. The Kier molecular flexibility index (Phi) is 5.10. The van der Waals surface area contributed by atoms with Gasteiger partial charge in [0.1, 0.15) is 5.01 Å². The summed E-state index contributed by atoms with van der Waals surface area (Å²) in [6, 6.07) is 11.9. The van der Waals surface area contributed by atoms with Crippen molar-refractivity contribution in [3.8, 4) is 11.3 Å². The van der Waals surface area contributed by atoms with Crippen molar-refractivity contribution in [1.82, 2.24) is 15.3 Å². The number of benzene rings is 1. The smallest absolute Gasteiger partial charge is 0.231 e. The number of hydrogen-bond donors (Lipinski definition) is 1. The van der Waals surface area contributed by atoms with Crippen LogP contribution >= 0.6 is 27.3 Å². The Morgan fingerprint density at radius 2 is 1.89 bits per heavy atom. The molecular weight excluding hydrogens is 422 g/mol. The van der Waals surface area contributed by atoms with E-state index in [-0.39, 0.29) is 11.9 Å². The summed E-state index contributed by atoms with van der Waals surface area (Å²) in [7, 11) is 0. The first-order chi connectivity index (χ1) is 13.1. The second-order valence-electron chi connectivity index (χ2n) is 6.94. The zero-order chi connectivity index (χ0) is 18.9. The highest BCUT2D eigenvalue weighted by Crippen LogP contribution is 2.44. The maximum Gasteiger partial charge on any atom is 0.231 e. The molecule has 1 aromatic carbocycles. The Balaban J connectivity index is 1.50. The number of rotatable bonds is 5. The van der Waals surface area contributed by atoms with E-state index in [0.29, 0.717) is 0 Å². The molecule has 1 amide bonds. The van der Waals surface area contributed by atoms with E-state index >= 15 is 0 Å². The monoisotopic (exact) mass is 441 g/mol. The molecule has 0 aliphatic heterocycles. The minimum Gasteiger partial charge on any atom is -0.346 e. The zero-order valence-corrected chi connectivity index (χ0v) is 17.4. The Hall–Kier alpha value is -2.05. The summed E-state index contributed by atoms with van der Waals surface area (Å²) in [5.41, 5.74) is 2.65. The Bertz CT molecular complexity index is 936. The van der Waals surface area contributed by atoms with Crippen LogP contribution in [-0.2, 0) is 10.2 Å². The number of carbonyl (C=O) groups is 1. The highest BCUT2D eigenvalue weighted by molar-refractivity contribution is 9.10. The third kappa shape index (κ3) is 3.56. The molecule has 2 heterocycles. The second kappa shape index (κ2) is 7.52. The fourth-order valence-corrected chi connectivity index (χ4v) is 4.58. The number of halogens is 1. The van der Waals surface area contributed by atoms with Gasteiger partial charge in [-0.2, -0.15) is 0 Å². The molecule has 0 spiro atoms. The van der Waals surface area contributed by atoms with Crippen molar-refractivity contribution in [2.24, 2.45) is 0 Å². The van der Waals surface area contributed by atoms with Crippen molar-refractivity contribution in [1.29, 1.82) is 0 Å². The lowest BCUT2D eigenvalue weighted by atomic mass is 9.63. The van der Waals surface area contributed by atoms with Crippen LogP contribution in [-0.4, -0.2) is 15.9 Å². The normalized spacial score (nSPS) is 16.4. The largest absolute Gasteiger partial charge is 0.346 e. The number of nitrogens with one attached hydrogen (secondary N) is 1. The van der Waals surface area contributed by atoms with Gasteiger partial charge in [-0.1, -0.05) is 34.5 Å². The van der Waals surface area contributed by atoms with Crippen LogP contribution in [0.2, 0.25) is 0 Å². The molecule has 1 saturated carbocycles. The van der Waals surface area contributed by atoms with Crippen LogP contribution in [0.4, 0.5) is 0 Å². The van der Waals surface area contributed by atoms with E-state index in [1.54, 1.807) is 23.7 Å². The van der Waals surface area contributed by atoms with Crippen LogP contribution < -0.4 is 5.32 Å². The standard InChI is InChI=1S/C21H20BrN3OS/c1-14(19-25-18(13-27-19)15-7-11-23-12-8-15)24-20(26)21(9-2-10-21)16-3-5-17(22)6-4-16/h3-8,11-14H,2,9-10H2,1H3,(H,24,26). The summed E-state index contributed by atoms with van der Waals surface area (Å²) in [6.45, 7) is 2.00. The summed E-state index contributed by atoms with van der Waals surface area (Å²) in [4.78, 5) is 21.9. The average molecular weight is 442 g/mol. The fraction of sp³-hybridized carbons (Fsp3) is 0.286. The summed E-state index contributed by atoms with van der Waals surface area (Å²) >= 11 is 5.05. The van der Waals surface area contributed by atoms with Gasteiger partial charge >= 0.3 is 0 Å². The first-order valence-electron chi connectivity index (χ1n) is 9.01. The lowest BCUT2D eigenvalue weighted by Gasteiger charge is -2.41. The molecular formula is C21H20BrN3OS. The Morgan fingerprint density at radius 3 is 2.52 bits per heavy atom. The lowest BCUT2D eigenvalue weighted by molar-refractivity contribution is -0.130. The number of carbonyl (C=O) groups excluding carboxylic acids is 1. The van der Waals surface area contributed by atoms with Gasteiger partial charge < -0.3 is 5.32 Å². The predicted molar refractivity (Wildman–Crippen MR) is 112 cm³/mol. The van der Waals surface area contributed by atoms with Gasteiger partial charge in [-0.05, 0) is 49.6 Å². The first-order valence-corrected chi connectivity index (χ1v) is 10.7. The lowest BCUT2D eigenvalue weighted by Crippen LogP contribution is -2.49. The SMILES string of the molecule is CC(NC(=O)C1(c2ccc(Br)cc2)CCC1)c1nc(-c2ccncc2)cs1. The van der Waals surface area contributed by atoms with Gasteiger partial charge in [0.05, 0.1) is 17.2 Å². The molecule has 0 radical (unpaired) electrons. The molecule has 1 aliphatic carbocycles. The van der Waals surface area contributed by atoms with E-state index in [2.05, 4.69) is 38.4 Å². The highest BCUT2D eigenvalue weighted by Gasteiger charge is 2.46. The summed E-state index contributed by atoms with van der Waals surface area (Å²) in [5, 5.41) is 6.15. The van der Waals surface area contributed by atoms with E-state index in [9.17, 15) is 4.79 Å². The number of amides is 1. The number of aromatic nitrogens is 2. The average Bonchev–Trinajstić information content (AvgIpc) is 3.13. The van der Waals surface area contributed by atoms with Gasteiger partial charge in [-0.15, -0.1) is 11.3 Å². The molecule has 1 atom stereocenters. The number of hydrogen-bond acceptors (Lipinski definition) is 4. The molecule has 1 aliphatic rings. The summed E-state index contributed by atoms with van der Waals surface area (Å²) in [6.07, 6.45) is 6.40. The Morgan fingerprint density at radius 1 is 1.19 bits per heavy atom. The van der Waals surface area contributed by atoms with E-state index < -0.39 is 5.41 Å². The van der Waals surface area contributed by atoms with Crippen molar-refractivity contribution in [2.75, 3.05) is 0 Å². The third-order valence-corrected chi connectivity index (χ3v) is 6.81. The topological polar surface area (TPSA) is 54.9 Å². The van der Waals surface area contributed by atoms with E-state index in [1.165, 1.54) is 0 Å². The van der Waals surface area contributed by atoms with Crippen LogP contribution in [0.15, 0.2) is 58.6 Å². The van der Waals surface area contributed by atoms with E-state index in [4.69, 9.17) is 4.98 Å². The maximum atomic E-state index is 13.1. The minimum absolute atomic E-state index is 0.101. The van der Waals surface area contributed by atoms with Crippen molar-refractivity contribution >= 4 is 33.2 Å². The molecule has 2 aromatic heterocycles. The Labute approximate surface area is 171 Å². The van der Waals surface area contributed by atoms with Gasteiger partial charge in [0.2, 0.25) is 5.91 Å². The van der Waals surface area contributed by atoms with Gasteiger partial charge in [0.25, 0.3) is 0 Å². The van der Waals surface area contributed by atoms with Gasteiger partial charge in [0, 0.05) is 27.8 Å². The molecule has 1 fully saturated rings. The predicted octanol–water partition coefficient (Wildman–Crippen LogP) is 5.27. The molecule has 27 heavy (non-hydrogen) atoms. The van der Waals surface area contributed by atoms with Crippen molar-refractivity contribution in [2.45, 2.75) is 37.6 Å². The number of thiazole rings is 1. The molecule has 1 N–H and O–H groups in total. The molecule has 138 valence electrons. The quantitative estimate of drug-likeness (QED) is 0.586. The molecule has 4 nitrogen and oxygen atoms in total. The van der Waals surface area contributed by atoms with Gasteiger partial charge in [0.15, 0.2) is 0 Å². The van der Waals surface area contributed by atoms with Gasteiger partial charge in [-0.25, -0.2) is 4.98 Å². The van der Waals surface area contributed by atoms with Crippen LogP contribution in [0.1, 0.15) is 42.8 Å². The van der Waals surface area contributed by atoms with Crippen molar-refractivity contribution < 1.29 is 4.79 Å². The van der Waals surface area contributed by atoms with Crippen LogP contribution in [0.5, 0.6) is 0 Å². The molecule has 0 bridgehead atoms. The van der Waals surface area contributed by atoms with E-state index in [1.807, 2.05) is 36.6 Å². The summed E-state index contributed by atoms with van der Waals surface area (Å²) < 4.78 is 1.03. The van der Waals surface area contributed by atoms with Crippen molar-refractivity contribution in [3.05, 3.63) is 69.2 Å². The number of pyridine rings is 1. The van der Waals surface area contributed by atoms with Gasteiger partial charge in [-0.3, -0.25) is 9.78 Å². The second-order valence-corrected chi connectivity index (χ2v) is 8.75. The fourth-order valence-electron chi connectivity index (χ4n) is 3.48. The van der Waals surface area contributed by atoms with Crippen LogP contribution in [0.25, 0.3) is 11.3 Å². The zero-order valence-electron chi connectivity index (χ0n) is 15.0. The van der Waals surface area contributed by atoms with Crippen molar-refractivity contribution in [3.63, 3.8) is 0 Å². The number of nitrogens with zero attached hydrogens (tertiary/aromatic N) is 2. The molecule has 3 aromatic rings. The molecule has 4 rings (SSSR count). The minimum atomic E-state index is -0.403. The van der Waals surface area contributed by atoms with E-state index in [0.717, 1.165) is 45.6 Å². The highest BCUT2D eigenvalue weighted by atomic mass is 79.9. The maximum absolute atomic E-state index is 13.1.